The van der Waals surface area contributed by atoms with Gasteiger partial charge in [0.05, 0.1) is 27.7 Å². The third-order valence-corrected chi connectivity index (χ3v) is 6.25. The summed E-state index contributed by atoms with van der Waals surface area (Å²) in [5.41, 5.74) is 4.32. The number of anilines is 4. The molecule has 0 atom stereocenters. The third kappa shape index (κ3) is 6.14. The van der Waals surface area contributed by atoms with Crippen LogP contribution in [0.2, 0.25) is 10.0 Å². The maximum Gasteiger partial charge on any atom is 0.231 e. The van der Waals surface area contributed by atoms with Gasteiger partial charge in [0.2, 0.25) is 11.9 Å². The number of aryl methyl sites for hydroxylation is 1. The molecule has 2 heterocycles. The Kier molecular flexibility index (Phi) is 7.95. The molecule has 3 N–H and O–H groups in total. The van der Waals surface area contributed by atoms with Crippen molar-refractivity contribution < 1.29 is 4.74 Å². The number of fused-ring (bicyclic) bond motifs is 1. The lowest BCUT2D eigenvalue weighted by molar-refractivity contribution is 0.282. The SMILES string of the molecule is CCOc1ccc(Nc2cc(C)nc(Nc3nc4cc(Cl)c(Cl)cc4[nH]3)n2)cc1CN(CC)CC. The standard InChI is InChI=1S/C25H29Cl2N7O/c1-5-34(6-2)14-16-11-17(8-9-22(16)35-7-3)29-23-10-15(4)28-24(32-23)33-25-30-20-12-18(26)19(27)13-21(20)31-25/h8-13H,5-7,14H2,1-4H3,(H3,28,29,30,31,32,33). The van der Waals surface area contributed by atoms with Gasteiger partial charge >= 0.3 is 0 Å². The van der Waals surface area contributed by atoms with Gasteiger partial charge < -0.3 is 15.0 Å². The fraction of sp³-hybridized carbons (Fsp3) is 0.320. The van der Waals surface area contributed by atoms with Crippen LogP contribution in [-0.2, 0) is 6.54 Å². The number of imidazole rings is 1. The number of halogens is 2. The largest absolute Gasteiger partial charge is 0.494 e. The molecular weight excluding hydrogens is 485 g/mol. The van der Waals surface area contributed by atoms with Crippen molar-refractivity contribution in [1.29, 1.82) is 0 Å². The van der Waals surface area contributed by atoms with Crippen molar-refractivity contribution in [3.05, 3.63) is 57.7 Å². The molecule has 4 aromatic rings. The first kappa shape index (κ1) is 25.0. The lowest BCUT2D eigenvalue weighted by Crippen LogP contribution is -2.22. The van der Waals surface area contributed by atoms with Crippen molar-refractivity contribution in [3.8, 4) is 5.75 Å². The van der Waals surface area contributed by atoms with Crippen LogP contribution in [0.4, 0.5) is 23.4 Å². The Labute approximate surface area is 215 Å². The van der Waals surface area contributed by atoms with Crippen LogP contribution in [0.25, 0.3) is 11.0 Å². The summed E-state index contributed by atoms with van der Waals surface area (Å²) >= 11 is 12.2. The molecule has 0 saturated carbocycles. The maximum atomic E-state index is 6.11. The zero-order valence-electron chi connectivity index (χ0n) is 20.2. The van der Waals surface area contributed by atoms with Gasteiger partial charge in [0.15, 0.2) is 0 Å². The molecule has 0 aliphatic carbocycles. The average molecular weight is 514 g/mol. The number of hydrogen-bond donors (Lipinski definition) is 3. The van der Waals surface area contributed by atoms with E-state index in [2.05, 4.69) is 55.4 Å². The van der Waals surface area contributed by atoms with Crippen LogP contribution < -0.4 is 15.4 Å². The highest BCUT2D eigenvalue weighted by molar-refractivity contribution is 6.42. The van der Waals surface area contributed by atoms with E-state index in [0.29, 0.717) is 39.9 Å². The zero-order chi connectivity index (χ0) is 24.9. The van der Waals surface area contributed by atoms with E-state index in [9.17, 15) is 0 Å². The Morgan fingerprint density at radius 3 is 2.46 bits per heavy atom. The number of aromatic nitrogens is 4. The van der Waals surface area contributed by atoms with Crippen molar-refractivity contribution >= 4 is 57.6 Å². The lowest BCUT2D eigenvalue weighted by Gasteiger charge is -2.21. The minimum absolute atomic E-state index is 0.415. The van der Waals surface area contributed by atoms with Gasteiger partial charge in [0, 0.05) is 29.6 Å². The summed E-state index contributed by atoms with van der Waals surface area (Å²) in [6.07, 6.45) is 0. The Morgan fingerprint density at radius 2 is 1.71 bits per heavy atom. The highest BCUT2D eigenvalue weighted by atomic mass is 35.5. The van der Waals surface area contributed by atoms with Crippen LogP contribution in [0.3, 0.4) is 0 Å². The second-order valence-corrected chi connectivity index (χ2v) is 8.87. The van der Waals surface area contributed by atoms with Gasteiger partial charge in [-0.1, -0.05) is 37.0 Å². The second kappa shape index (κ2) is 11.1. The molecule has 35 heavy (non-hydrogen) atoms. The van der Waals surface area contributed by atoms with E-state index in [4.69, 9.17) is 27.9 Å². The number of ether oxygens (including phenoxy) is 1. The quantitative estimate of drug-likeness (QED) is 0.217. The van der Waals surface area contributed by atoms with E-state index in [1.807, 2.05) is 32.0 Å². The topological polar surface area (TPSA) is 91.0 Å². The van der Waals surface area contributed by atoms with E-state index >= 15 is 0 Å². The van der Waals surface area contributed by atoms with Crippen molar-refractivity contribution in [1.82, 2.24) is 24.8 Å². The van der Waals surface area contributed by atoms with Crippen molar-refractivity contribution in [2.75, 3.05) is 30.3 Å². The van der Waals surface area contributed by atoms with E-state index in [-0.39, 0.29) is 0 Å². The summed E-state index contributed by atoms with van der Waals surface area (Å²) in [5, 5.41) is 7.45. The van der Waals surface area contributed by atoms with E-state index < -0.39 is 0 Å². The molecule has 8 nitrogen and oxygen atoms in total. The Hall–Kier alpha value is -3.07. The van der Waals surface area contributed by atoms with Crippen molar-refractivity contribution in [2.45, 2.75) is 34.2 Å². The number of benzene rings is 2. The Bertz CT molecular complexity index is 1280. The number of nitrogens with one attached hydrogen (secondary N) is 3. The van der Waals surface area contributed by atoms with E-state index in [0.717, 1.165) is 47.8 Å². The van der Waals surface area contributed by atoms with Crippen LogP contribution >= 0.6 is 23.2 Å². The molecule has 0 fully saturated rings. The molecular formula is C25H29Cl2N7O. The summed E-state index contributed by atoms with van der Waals surface area (Å²) < 4.78 is 5.86. The third-order valence-electron chi connectivity index (χ3n) is 5.53. The smallest absolute Gasteiger partial charge is 0.231 e. The molecule has 4 rings (SSSR count). The Morgan fingerprint density at radius 1 is 0.943 bits per heavy atom. The molecule has 0 aliphatic rings. The second-order valence-electron chi connectivity index (χ2n) is 8.05. The number of nitrogens with zero attached hydrogens (tertiary/aromatic N) is 4. The molecule has 2 aromatic heterocycles. The molecule has 0 unspecified atom stereocenters. The normalized spacial score (nSPS) is 11.3. The molecule has 0 aliphatic heterocycles. The fourth-order valence-corrected chi connectivity index (χ4v) is 4.09. The molecule has 0 bridgehead atoms. The minimum atomic E-state index is 0.415. The average Bonchev–Trinajstić information content (AvgIpc) is 3.19. The summed E-state index contributed by atoms with van der Waals surface area (Å²) in [6.45, 7) is 11.6. The van der Waals surface area contributed by atoms with Crippen LogP contribution in [-0.4, -0.2) is 44.5 Å². The van der Waals surface area contributed by atoms with E-state index in [1.165, 1.54) is 0 Å². The van der Waals surface area contributed by atoms with E-state index in [1.54, 1.807) is 12.1 Å². The summed E-state index contributed by atoms with van der Waals surface area (Å²) in [4.78, 5) is 19.1. The maximum absolute atomic E-state index is 6.11. The van der Waals surface area contributed by atoms with Crippen LogP contribution in [0.1, 0.15) is 32.0 Å². The van der Waals surface area contributed by atoms with Crippen LogP contribution in [0, 0.1) is 6.92 Å². The predicted octanol–water partition coefficient (Wildman–Crippen LogP) is 6.70. The highest BCUT2D eigenvalue weighted by Crippen LogP contribution is 2.29. The van der Waals surface area contributed by atoms with Crippen LogP contribution in [0.5, 0.6) is 5.75 Å². The predicted molar refractivity (Wildman–Crippen MR) is 144 cm³/mol. The van der Waals surface area contributed by atoms with Gasteiger partial charge in [0.25, 0.3) is 0 Å². The van der Waals surface area contributed by atoms with Gasteiger partial charge in [-0.15, -0.1) is 0 Å². The summed E-state index contributed by atoms with van der Waals surface area (Å²) in [5.74, 6) is 2.48. The zero-order valence-corrected chi connectivity index (χ0v) is 21.8. The molecule has 184 valence electrons. The number of aromatic amines is 1. The van der Waals surface area contributed by atoms with Gasteiger partial charge in [0.1, 0.15) is 11.6 Å². The number of H-pyrrole nitrogens is 1. The lowest BCUT2D eigenvalue weighted by atomic mass is 10.1. The first-order valence-electron chi connectivity index (χ1n) is 11.6. The number of rotatable bonds is 10. The fourth-order valence-electron chi connectivity index (χ4n) is 3.77. The minimum Gasteiger partial charge on any atom is -0.494 e. The molecule has 10 heteroatoms. The molecule has 0 spiro atoms. The monoisotopic (exact) mass is 513 g/mol. The molecule has 2 aromatic carbocycles. The van der Waals surface area contributed by atoms with Gasteiger partial charge in [-0.2, -0.15) is 4.98 Å². The van der Waals surface area contributed by atoms with Gasteiger partial charge in [-0.3, -0.25) is 10.2 Å². The van der Waals surface area contributed by atoms with Crippen molar-refractivity contribution in [2.24, 2.45) is 0 Å². The van der Waals surface area contributed by atoms with Gasteiger partial charge in [-0.05, 0) is 57.3 Å². The molecule has 0 saturated heterocycles. The number of hydrogen-bond acceptors (Lipinski definition) is 7. The molecule has 0 amide bonds. The van der Waals surface area contributed by atoms with Gasteiger partial charge in [-0.25, -0.2) is 9.97 Å². The Balaban J connectivity index is 1.57. The summed E-state index contributed by atoms with van der Waals surface area (Å²) in [6, 6.07) is 11.5. The first-order chi connectivity index (χ1) is 16.9. The van der Waals surface area contributed by atoms with Crippen LogP contribution in [0.15, 0.2) is 36.4 Å². The summed E-state index contributed by atoms with van der Waals surface area (Å²) in [7, 11) is 0. The van der Waals surface area contributed by atoms with Crippen molar-refractivity contribution in [3.63, 3.8) is 0 Å². The first-order valence-corrected chi connectivity index (χ1v) is 12.4. The highest BCUT2D eigenvalue weighted by Gasteiger charge is 2.12. The molecule has 0 radical (unpaired) electrons.